The van der Waals surface area contributed by atoms with Gasteiger partial charge >= 0.3 is 5.69 Å². The van der Waals surface area contributed by atoms with Crippen LogP contribution in [-0.2, 0) is 25.3 Å². The van der Waals surface area contributed by atoms with Crippen molar-refractivity contribution < 1.29 is 9.59 Å². The van der Waals surface area contributed by atoms with Crippen molar-refractivity contribution in [2.24, 2.45) is 19.8 Å². The number of primary amides is 1. The molecule has 134 valence electrons. The van der Waals surface area contributed by atoms with Crippen LogP contribution in [0, 0.1) is 0 Å². The molecular formula is C15H14N6O4S. The molecule has 3 aromatic rings. The lowest BCUT2D eigenvalue weighted by molar-refractivity contribution is -0.117. The van der Waals surface area contributed by atoms with Crippen molar-refractivity contribution in [1.82, 2.24) is 19.1 Å². The third-order valence-electron chi connectivity index (χ3n) is 3.66. The minimum absolute atomic E-state index is 0.0207. The Balaban J connectivity index is 1.94. The van der Waals surface area contributed by atoms with Gasteiger partial charge in [-0.05, 0) is 12.1 Å². The maximum atomic E-state index is 12.4. The average molecular weight is 374 g/mol. The Hall–Kier alpha value is -3.34. The van der Waals surface area contributed by atoms with Gasteiger partial charge in [-0.15, -0.1) is 11.3 Å². The molecule has 0 unspecified atom stereocenters. The van der Waals surface area contributed by atoms with Gasteiger partial charge in [0.25, 0.3) is 11.5 Å². The number of nitrogens with two attached hydrogens (primary N) is 1. The highest BCUT2D eigenvalue weighted by Crippen LogP contribution is 2.17. The minimum Gasteiger partial charge on any atom is -0.369 e. The molecule has 0 aliphatic carbocycles. The number of nitrogens with zero attached hydrogens (tertiary/aromatic N) is 4. The van der Waals surface area contributed by atoms with E-state index in [-0.39, 0.29) is 28.3 Å². The van der Waals surface area contributed by atoms with Gasteiger partial charge in [-0.2, -0.15) is 0 Å². The van der Waals surface area contributed by atoms with E-state index in [1.165, 1.54) is 30.8 Å². The Bertz CT molecular complexity index is 1160. The number of pyridine rings is 1. The maximum absolute atomic E-state index is 12.4. The minimum atomic E-state index is -0.556. The zero-order valence-electron chi connectivity index (χ0n) is 13.8. The fraction of sp³-hybridized carbons (Fsp3) is 0.200. The molecule has 26 heavy (non-hydrogen) atoms. The Morgan fingerprint density at radius 2 is 1.92 bits per heavy atom. The second-order valence-corrected chi connectivity index (χ2v) is 6.37. The number of hydrogen-bond donors (Lipinski definition) is 2. The smallest absolute Gasteiger partial charge is 0.332 e. The molecular weight excluding hydrogens is 360 g/mol. The normalized spacial score (nSPS) is 10.8. The third-order valence-corrected chi connectivity index (χ3v) is 4.47. The first-order chi connectivity index (χ1) is 12.3. The van der Waals surface area contributed by atoms with Crippen LogP contribution in [-0.4, -0.2) is 30.9 Å². The quantitative estimate of drug-likeness (QED) is 0.622. The van der Waals surface area contributed by atoms with Crippen LogP contribution in [0.5, 0.6) is 0 Å². The molecule has 0 atom stereocenters. The summed E-state index contributed by atoms with van der Waals surface area (Å²) in [5.41, 5.74) is 4.66. The molecule has 3 aromatic heterocycles. The summed E-state index contributed by atoms with van der Waals surface area (Å²) >= 11 is 1.14. The van der Waals surface area contributed by atoms with E-state index in [9.17, 15) is 19.2 Å². The van der Waals surface area contributed by atoms with E-state index < -0.39 is 23.1 Å². The van der Waals surface area contributed by atoms with Crippen molar-refractivity contribution in [3.05, 3.63) is 49.7 Å². The van der Waals surface area contributed by atoms with E-state index in [1.807, 2.05) is 0 Å². The summed E-state index contributed by atoms with van der Waals surface area (Å²) in [5.74, 6) is -1.08. The van der Waals surface area contributed by atoms with Gasteiger partial charge in [-0.1, -0.05) is 0 Å². The number of hydrogen-bond acceptors (Lipinski definition) is 7. The Labute approximate surface area is 149 Å². The zero-order valence-corrected chi connectivity index (χ0v) is 14.7. The molecule has 2 amide bonds. The zero-order chi connectivity index (χ0) is 19.0. The van der Waals surface area contributed by atoms with Gasteiger partial charge in [0, 0.05) is 19.5 Å². The highest BCUT2D eigenvalue weighted by molar-refractivity contribution is 7.14. The first-order valence-corrected chi connectivity index (χ1v) is 8.26. The summed E-state index contributed by atoms with van der Waals surface area (Å²) in [5, 5.41) is 4.68. The predicted molar refractivity (Wildman–Crippen MR) is 95.2 cm³/mol. The summed E-state index contributed by atoms with van der Waals surface area (Å²) < 4.78 is 2.17. The summed E-state index contributed by atoms with van der Waals surface area (Å²) in [6, 6.07) is 2.83. The summed E-state index contributed by atoms with van der Waals surface area (Å²) in [4.78, 5) is 55.6. The lowest BCUT2D eigenvalue weighted by Gasteiger charge is -2.08. The largest absolute Gasteiger partial charge is 0.369 e. The molecule has 10 nitrogen and oxygen atoms in total. The van der Waals surface area contributed by atoms with E-state index >= 15 is 0 Å². The van der Waals surface area contributed by atoms with Crippen LogP contribution >= 0.6 is 11.3 Å². The molecule has 0 aromatic carbocycles. The highest BCUT2D eigenvalue weighted by Gasteiger charge is 2.15. The topological polar surface area (TPSA) is 142 Å². The molecule has 3 heterocycles. The Morgan fingerprint density at radius 3 is 2.62 bits per heavy atom. The molecule has 0 spiro atoms. The van der Waals surface area contributed by atoms with Gasteiger partial charge in [-0.3, -0.25) is 28.8 Å². The van der Waals surface area contributed by atoms with Gasteiger partial charge in [-0.25, -0.2) is 14.8 Å². The SMILES string of the molecule is Cn1c(=O)c2ccc(C(=O)Nc3nc(CC(N)=O)cs3)nc2n(C)c1=O. The number of rotatable bonds is 4. The standard InChI is InChI=1S/C15H14N6O4S/c1-20-11-8(13(24)21(2)15(20)25)3-4-9(18-11)12(23)19-14-17-7(6-26-14)5-10(16)22/h3-4,6H,5H2,1-2H3,(H2,16,22)(H,17,19,23). The van der Waals surface area contributed by atoms with Crippen molar-refractivity contribution >= 4 is 39.3 Å². The molecule has 0 bridgehead atoms. The number of carbonyl (C=O) groups excluding carboxylic acids is 2. The Kier molecular flexibility index (Phi) is 4.38. The lowest BCUT2D eigenvalue weighted by Crippen LogP contribution is -2.37. The number of carbonyl (C=O) groups is 2. The first-order valence-electron chi connectivity index (χ1n) is 7.38. The fourth-order valence-corrected chi connectivity index (χ4v) is 3.07. The second kappa shape index (κ2) is 6.52. The number of anilines is 1. The van der Waals surface area contributed by atoms with Crippen molar-refractivity contribution in [3.63, 3.8) is 0 Å². The predicted octanol–water partition coefficient (Wildman–Crippen LogP) is -0.631. The molecule has 11 heteroatoms. The van der Waals surface area contributed by atoms with Crippen molar-refractivity contribution in [3.8, 4) is 0 Å². The van der Waals surface area contributed by atoms with Crippen molar-refractivity contribution in [2.75, 3.05) is 5.32 Å². The van der Waals surface area contributed by atoms with Crippen LogP contribution in [0.2, 0.25) is 0 Å². The van der Waals surface area contributed by atoms with Gasteiger partial charge in [0.2, 0.25) is 5.91 Å². The van der Waals surface area contributed by atoms with Crippen molar-refractivity contribution in [2.45, 2.75) is 6.42 Å². The summed E-state index contributed by atoms with van der Waals surface area (Å²) in [6.45, 7) is 0. The molecule has 3 N–H and O–H groups in total. The van der Waals surface area contributed by atoms with Crippen LogP contribution in [0.1, 0.15) is 16.2 Å². The van der Waals surface area contributed by atoms with Gasteiger partial charge in [0.15, 0.2) is 5.13 Å². The third kappa shape index (κ3) is 3.11. The van der Waals surface area contributed by atoms with Crippen LogP contribution in [0.25, 0.3) is 11.0 Å². The van der Waals surface area contributed by atoms with Crippen LogP contribution < -0.4 is 22.3 Å². The molecule has 0 aliphatic heterocycles. The van der Waals surface area contributed by atoms with Crippen molar-refractivity contribution in [1.29, 1.82) is 0 Å². The maximum Gasteiger partial charge on any atom is 0.332 e. The molecule has 3 rings (SSSR count). The van der Waals surface area contributed by atoms with Gasteiger partial charge < -0.3 is 5.73 Å². The van der Waals surface area contributed by atoms with E-state index in [0.29, 0.717) is 5.69 Å². The van der Waals surface area contributed by atoms with E-state index in [2.05, 4.69) is 15.3 Å². The number of aryl methyl sites for hydroxylation is 1. The molecule has 0 saturated heterocycles. The summed E-state index contributed by atoms with van der Waals surface area (Å²) in [6.07, 6.45) is -0.0218. The van der Waals surface area contributed by atoms with E-state index in [1.54, 1.807) is 5.38 Å². The van der Waals surface area contributed by atoms with E-state index in [0.717, 1.165) is 15.9 Å². The van der Waals surface area contributed by atoms with Gasteiger partial charge in [0.05, 0.1) is 17.5 Å². The number of thiazole rings is 1. The number of aromatic nitrogens is 4. The second-order valence-electron chi connectivity index (χ2n) is 5.51. The molecule has 0 fully saturated rings. The van der Waals surface area contributed by atoms with Crippen LogP contribution in [0.15, 0.2) is 27.1 Å². The Morgan fingerprint density at radius 1 is 1.19 bits per heavy atom. The number of nitrogens with one attached hydrogen (secondary N) is 1. The lowest BCUT2D eigenvalue weighted by atomic mass is 10.2. The van der Waals surface area contributed by atoms with Crippen LogP contribution in [0.3, 0.4) is 0 Å². The molecule has 0 radical (unpaired) electrons. The first kappa shape index (κ1) is 17.5. The molecule has 0 saturated carbocycles. The number of fused-ring (bicyclic) bond motifs is 1. The number of amides is 2. The van der Waals surface area contributed by atoms with Crippen LogP contribution in [0.4, 0.5) is 5.13 Å². The van der Waals surface area contributed by atoms with E-state index in [4.69, 9.17) is 5.73 Å². The summed E-state index contributed by atoms with van der Waals surface area (Å²) in [7, 11) is 2.84. The van der Waals surface area contributed by atoms with Gasteiger partial charge in [0.1, 0.15) is 11.3 Å². The highest BCUT2D eigenvalue weighted by atomic mass is 32.1. The monoisotopic (exact) mass is 374 g/mol. The fourth-order valence-electron chi connectivity index (χ4n) is 2.37. The average Bonchev–Trinajstić information content (AvgIpc) is 3.03. The molecule has 0 aliphatic rings.